The Labute approximate surface area is 130 Å². The first-order chi connectivity index (χ1) is 9.97. The van der Waals surface area contributed by atoms with Gasteiger partial charge in [-0.05, 0) is 65.1 Å². The highest BCUT2D eigenvalue weighted by Crippen LogP contribution is 2.24. The lowest BCUT2D eigenvalue weighted by Crippen LogP contribution is -2.41. The van der Waals surface area contributed by atoms with Gasteiger partial charge < -0.3 is 10.2 Å². The lowest BCUT2D eigenvalue weighted by Gasteiger charge is -2.33. The highest BCUT2D eigenvalue weighted by Gasteiger charge is 2.28. The number of piperidine rings is 1. The van der Waals surface area contributed by atoms with Gasteiger partial charge >= 0.3 is 0 Å². The van der Waals surface area contributed by atoms with Crippen molar-refractivity contribution in [3.05, 3.63) is 0 Å². The van der Waals surface area contributed by atoms with Crippen LogP contribution in [0.25, 0.3) is 0 Å². The number of nitrogens with zero attached hydrogens (tertiary/aromatic N) is 1. The number of hydrogen-bond acceptors (Lipinski definition) is 4. The van der Waals surface area contributed by atoms with E-state index in [1.54, 1.807) is 0 Å². The molecular weight excluding hydrogens is 284 g/mol. The van der Waals surface area contributed by atoms with Gasteiger partial charge in [0.15, 0.2) is 0 Å². The molecule has 1 heterocycles. The first-order valence-corrected chi connectivity index (χ1v) is 10.6. The zero-order valence-corrected chi connectivity index (χ0v) is 14.5. The van der Waals surface area contributed by atoms with Crippen molar-refractivity contribution >= 4 is 9.84 Å². The third-order valence-electron chi connectivity index (χ3n) is 5.23. The summed E-state index contributed by atoms with van der Waals surface area (Å²) < 4.78 is 23.3. The van der Waals surface area contributed by atoms with Crippen LogP contribution in [0.1, 0.15) is 58.3 Å². The molecule has 3 atom stereocenters. The second-order valence-corrected chi connectivity index (χ2v) is 9.33. The van der Waals surface area contributed by atoms with Gasteiger partial charge in [0.05, 0.1) is 5.25 Å². The average molecular weight is 317 g/mol. The van der Waals surface area contributed by atoms with Crippen molar-refractivity contribution in [2.24, 2.45) is 0 Å². The largest absolute Gasteiger partial charge is 0.314 e. The van der Waals surface area contributed by atoms with Crippen LogP contribution in [0.15, 0.2) is 0 Å². The van der Waals surface area contributed by atoms with E-state index in [-0.39, 0.29) is 5.25 Å². The topological polar surface area (TPSA) is 49.4 Å². The molecule has 21 heavy (non-hydrogen) atoms. The van der Waals surface area contributed by atoms with Crippen LogP contribution in [-0.4, -0.2) is 56.5 Å². The summed E-state index contributed by atoms with van der Waals surface area (Å²) in [4.78, 5) is 2.60. The van der Waals surface area contributed by atoms with Gasteiger partial charge in [0.25, 0.3) is 0 Å². The lowest BCUT2D eigenvalue weighted by atomic mass is 9.95. The minimum absolute atomic E-state index is 0.120. The van der Waals surface area contributed by atoms with Crippen molar-refractivity contribution < 1.29 is 8.42 Å². The summed E-state index contributed by atoms with van der Waals surface area (Å²) in [7, 11) is -2.86. The van der Waals surface area contributed by atoms with Gasteiger partial charge in [-0.1, -0.05) is 12.8 Å². The summed E-state index contributed by atoms with van der Waals surface area (Å²) in [6, 6.07) is 1.14. The van der Waals surface area contributed by atoms with E-state index in [1.165, 1.54) is 45.0 Å². The highest BCUT2D eigenvalue weighted by atomic mass is 32.2. The Morgan fingerprint density at radius 3 is 2.67 bits per heavy atom. The molecule has 1 aliphatic heterocycles. The summed E-state index contributed by atoms with van der Waals surface area (Å²) in [6.07, 6.45) is 10.4. The molecule has 1 N–H and O–H groups in total. The fourth-order valence-corrected chi connectivity index (χ4v) is 4.97. The van der Waals surface area contributed by atoms with E-state index in [9.17, 15) is 8.42 Å². The standard InChI is InChI=1S/C16H32N2O2S/c1-14-7-3-4-11-18(14)12-6-10-17-15-8-5-9-16(13-15)21(2,19)20/h14-17H,3-13H2,1-2H3. The minimum atomic E-state index is -2.86. The molecule has 2 rings (SSSR count). The van der Waals surface area contributed by atoms with Crippen LogP contribution in [-0.2, 0) is 9.84 Å². The van der Waals surface area contributed by atoms with Crippen LogP contribution in [0, 0.1) is 0 Å². The third kappa shape index (κ3) is 5.53. The summed E-state index contributed by atoms with van der Waals surface area (Å²) in [5.74, 6) is 0. The SMILES string of the molecule is CC1CCCCN1CCCNC1CCCC(S(C)(=O)=O)C1. The number of likely N-dealkylation sites (tertiary alicyclic amines) is 1. The number of rotatable bonds is 6. The van der Waals surface area contributed by atoms with E-state index in [2.05, 4.69) is 17.1 Å². The van der Waals surface area contributed by atoms with Gasteiger partial charge in [-0.2, -0.15) is 0 Å². The Morgan fingerprint density at radius 1 is 1.14 bits per heavy atom. The van der Waals surface area contributed by atoms with Crippen LogP contribution in [0.5, 0.6) is 0 Å². The van der Waals surface area contributed by atoms with Gasteiger partial charge in [-0.15, -0.1) is 0 Å². The van der Waals surface area contributed by atoms with Gasteiger partial charge in [0, 0.05) is 18.3 Å². The Kier molecular flexibility index (Phi) is 6.51. The Balaban J connectivity index is 1.64. The maximum atomic E-state index is 11.7. The molecule has 0 aromatic heterocycles. The van der Waals surface area contributed by atoms with E-state index in [1.807, 2.05) is 0 Å². The van der Waals surface area contributed by atoms with Crippen molar-refractivity contribution in [1.82, 2.24) is 10.2 Å². The van der Waals surface area contributed by atoms with Gasteiger partial charge in [-0.3, -0.25) is 0 Å². The number of nitrogens with one attached hydrogen (secondary N) is 1. The monoisotopic (exact) mass is 316 g/mol. The van der Waals surface area contributed by atoms with Gasteiger partial charge in [-0.25, -0.2) is 8.42 Å². The summed E-state index contributed by atoms with van der Waals surface area (Å²) in [6.45, 7) is 5.78. The Bertz CT molecular complexity index is 411. The quantitative estimate of drug-likeness (QED) is 0.763. The van der Waals surface area contributed by atoms with E-state index in [0.29, 0.717) is 6.04 Å². The molecule has 0 spiro atoms. The maximum Gasteiger partial charge on any atom is 0.150 e. The molecule has 1 aliphatic carbocycles. The second-order valence-electron chi connectivity index (χ2n) is 7.00. The first-order valence-electron chi connectivity index (χ1n) is 8.63. The zero-order valence-electron chi connectivity index (χ0n) is 13.7. The summed E-state index contributed by atoms with van der Waals surface area (Å²) >= 11 is 0. The predicted molar refractivity (Wildman–Crippen MR) is 88.4 cm³/mol. The smallest absolute Gasteiger partial charge is 0.150 e. The van der Waals surface area contributed by atoms with Gasteiger partial charge in [0.2, 0.25) is 0 Å². The summed E-state index contributed by atoms with van der Waals surface area (Å²) in [5, 5.41) is 3.47. The predicted octanol–water partition coefficient (Wildman–Crippen LogP) is 2.20. The van der Waals surface area contributed by atoms with Crippen LogP contribution < -0.4 is 5.32 Å². The first kappa shape index (κ1) is 17.2. The maximum absolute atomic E-state index is 11.7. The molecule has 0 aromatic rings. The molecule has 3 unspecified atom stereocenters. The average Bonchev–Trinajstić information content (AvgIpc) is 2.45. The van der Waals surface area contributed by atoms with Crippen LogP contribution in [0.3, 0.4) is 0 Å². The Morgan fingerprint density at radius 2 is 1.95 bits per heavy atom. The Hall–Kier alpha value is -0.130. The molecule has 0 amide bonds. The lowest BCUT2D eigenvalue weighted by molar-refractivity contribution is 0.158. The van der Waals surface area contributed by atoms with E-state index in [4.69, 9.17) is 0 Å². The van der Waals surface area contributed by atoms with E-state index >= 15 is 0 Å². The van der Waals surface area contributed by atoms with Crippen LogP contribution in [0.2, 0.25) is 0 Å². The molecule has 5 heteroatoms. The van der Waals surface area contributed by atoms with Crippen molar-refractivity contribution in [2.45, 2.75) is 75.6 Å². The molecule has 1 saturated heterocycles. The second kappa shape index (κ2) is 7.93. The fraction of sp³-hybridized carbons (Fsp3) is 1.00. The van der Waals surface area contributed by atoms with E-state index in [0.717, 1.165) is 38.3 Å². The van der Waals surface area contributed by atoms with Crippen molar-refractivity contribution in [2.75, 3.05) is 25.9 Å². The van der Waals surface area contributed by atoms with Crippen molar-refractivity contribution in [1.29, 1.82) is 0 Å². The fourth-order valence-electron chi connectivity index (χ4n) is 3.80. The molecule has 1 saturated carbocycles. The molecule has 0 radical (unpaired) electrons. The molecular formula is C16H32N2O2S. The zero-order chi connectivity index (χ0) is 15.3. The van der Waals surface area contributed by atoms with Gasteiger partial charge in [0.1, 0.15) is 9.84 Å². The highest BCUT2D eigenvalue weighted by molar-refractivity contribution is 7.91. The number of hydrogen-bond donors (Lipinski definition) is 1. The third-order valence-corrected chi connectivity index (χ3v) is 6.87. The number of sulfone groups is 1. The van der Waals surface area contributed by atoms with Crippen LogP contribution >= 0.6 is 0 Å². The molecule has 4 nitrogen and oxygen atoms in total. The normalized spacial score (nSPS) is 32.2. The summed E-state index contributed by atoms with van der Waals surface area (Å²) in [5.41, 5.74) is 0. The molecule has 0 aromatic carbocycles. The molecule has 2 fully saturated rings. The molecule has 2 aliphatic rings. The van der Waals surface area contributed by atoms with Crippen molar-refractivity contribution in [3.8, 4) is 0 Å². The van der Waals surface area contributed by atoms with Crippen LogP contribution in [0.4, 0.5) is 0 Å². The molecule has 0 bridgehead atoms. The van der Waals surface area contributed by atoms with E-state index < -0.39 is 9.84 Å². The van der Waals surface area contributed by atoms with Crippen molar-refractivity contribution in [3.63, 3.8) is 0 Å². The molecule has 124 valence electrons. The minimum Gasteiger partial charge on any atom is -0.314 e.